The molecule has 0 saturated carbocycles. The summed E-state index contributed by atoms with van der Waals surface area (Å²) in [6, 6.07) is 4.74. The second-order valence-corrected chi connectivity index (χ2v) is 7.66. The maximum atomic E-state index is 12.6. The highest BCUT2D eigenvalue weighted by Crippen LogP contribution is 2.30. The van der Waals surface area contributed by atoms with Crippen molar-refractivity contribution in [1.82, 2.24) is 15.1 Å². The van der Waals surface area contributed by atoms with Crippen LogP contribution in [-0.4, -0.2) is 91.6 Å². The summed E-state index contributed by atoms with van der Waals surface area (Å²) >= 11 is 0. The van der Waals surface area contributed by atoms with Crippen LogP contribution in [0.3, 0.4) is 0 Å². The lowest BCUT2D eigenvalue weighted by Gasteiger charge is -2.35. The second-order valence-electron chi connectivity index (χ2n) is 7.66. The number of benzene rings is 1. The summed E-state index contributed by atoms with van der Waals surface area (Å²) in [5, 5.41) is 14.5. The molecule has 10 heteroatoms. The summed E-state index contributed by atoms with van der Waals surface area (Å²) in [6.07, 6.45) is 0. The molecule has 0 aliphatic carbocycles. The molecular weight excluding hydrogens is 390 g/mol. The van der Waals surface area contributed by atoms with Gasteiger partial charge in [-0.05, 0) is 19.1 Å². The van der Waals surface area contributed by atoms with Crippen molar-refractivity contribution < 1.29 is 19.2 Å². The Morgan fingerprint density at radius 3 is 2.43 bits per heavy atom. The number of nitrogens with one attached hydrogen (secondary N) is 1. The molecule has 2 heterocycles. The van der Waals surface area contributed by atoms with E-state index in [0.717, 1.165) is 13.1 Å². The molecule has 2 fully saturated rings. The van der Waals surface area contributed by atoms with E-state index in [9.17, 15) is 19.7 Å². The lowest BCUT2D eigenvalue weighted by molar-refractivity contribution is -0.384. The number of carbonyl (C=O) groups excluding carboxylic acids is 2. The molecule has 0 spiro atoms. The van der Waals surface area contributed by atoms with Crippen LogP contribution in [0.15, 0.2) is 18.2 Å². The minimum Gasteiger partial charge on any atom is -0.379 e. The zero-order valence-corrected chi connectivity index (χ0v) is 17.5. The van der Waals surface area contributed by atoms with E-state index in [2.05, 4.69) is 10.2 Å². The molecule has 164 valence electrons. The van der Waals surface area contributed by atoms with Gasteiger partial charge in [0, 0.05) is 70.4 Å². The van der Waals surface area contributed by atoms with E-state index in [1.807, 2.05) is 11.8 Å². The van der Waals surface area contributed by atoms with Gasteiger partial charge in [0.25, 0.3) is 11.6 Å². The fourth-order valence-electron chi connectivity index (χ4n) is 3.83. The predicted molar refractivity (Wildman–Crippen MR) is 112 cm³/mol. The van der Waals surface area contributed by atoms with Crippen LogP contribution in [0.2, 0.25) is 0 Å². The SMILES string of the molecule is CC(=O)N1CCN(c2ccc(C(=O)NCC(C)N3CCOCC3)cc2[N+](=O)[O-])CC1. The molecule has 3 rings (SSSR count). The molecular formula is C20H29N5O5. The van der Waals surface area contributed by atoms with E-state index in [1.54, 1.807) is 17.0 Å². The number of anilines is 1. The normalized spacial score (nSPS) is 18.7. The van der Waals surface area contributed by atoms with Gasteiger partial charge in [0.05, 0.1) is 18.1 Å². The average Bonchev–Trinajstić information content (AvgIpc) is 2.77. The van der Waals surface area contributed by atoms with E-state index in [1.165, 1.54) is 13.0 Å². The van der Waals surface area contributed by atoms with Crippen molar-refractivity contribution in [2.75, 3.05) is 63.9 Å². The molecule has 2 amide bonds. The van der Waals surface area contributed by atoms with E-state index in [-0.39, 0.29) is 29.1 Å². The maximum absolute atomic E-state index is 12.6. The Morgan fingerprint density at radius 2 is 1.83 bits per heavy atom. The summed E-state index contributed by atoms with van der Waals surface area (Å²) < 4.78 is 5.34. The van der Waals surface area contributed by atoms with Gasteiger partial charge in [0.15, 0.2) is 0 Å². The average molecular weight is 419 g/mol. The van der Waals surface area contributed by atoms with Gasteiger partial charge in [0.2, 0.25) is 5.91 Å². The highest BCUT2D eigenvalue weighted by atomic mass is 16.6. The Morgan fingerprint density at radius 1 is 1.17 bits per heavy atom. The van der Waals surface area contributed by atoms with Gasteiger partial charge in [-0.15, -0.1) is 0 Å². The van der Waals surface area contributed by atoms with Crippen molar-refractivity contribution >= 4 is 23.2 Å². The van der Waals surface area contributed by atoms with Gasteiger partial charge >= 0.3 is 0 Å². The smallest absolute Gasteiger partial charge is 0.293 e. The molecule has 1 unspecified atom stereocenters. The molecule has 10 nitrogen and oxygen atoms in total. The minimum atomic E-state index is -0.459. The van der Waals surface area contributed by atoms with Gasteiger partial charge < -0.3 is 19.9 Å². The van der Waals surface area contributed by atoms with Crippen LogP contribution in [-0.2, 0) is 9.53 Å². The Bertz CT molecular complexity index is 788. The molecule has 2 aliphatic rings. The standard InChI is InChI=1S/C20H29N5O5/c1-15(22-9-11-30-12-10-22)14-21-20(27)17-3-4-18(19(13-17)25(28)29)24-7-5-23(6-8-24)16(2)26/h3-4,13,15H,5-12,14H2,1-2H3,(H,21,27). The molecule has 0 radical (unpaired) electrons. The number of amides is 2. The molecule has 30 heavy (non-hydrogen) atoms. The van der Waals surface area contributed by atoms with E-state index < -0.39 is 4.92 Å². The minimum absolute atomic E-state index is 0.00229. The molecule has 1 atom stereocenters. The van der Waals surface area contributed by atoms with Crippen molar-refractivity contribution in [3.63, 3.8) is 0 Å². The molecule has 1 aromatic carbocycles. The van der Waals surface area contributed by atoms with Crippen molar-refractivity contribution in [2.24, 2.45) is 0 Å². The number of piperazine rings is 1. The zero-order valence-electron chi connectivity index (χ0n) is 17.5. The van der Waals surface area contributed by atoms with Crippen LogP contribution in [0.5, 0.6) is 0 Å². The van der Waals surface area contributed by atoms with E-state index >= 15 is 0 Å². The fraction of sp³-hybridized carbons (Fsp3) is 0.600. The Balaban J connectivity index is 1.65. The largest absolute Gasteiger partial charge is 0.379 e. The van der Waals surface area contributed by atoms with Gasteiger partial charge in [-0.25, -0.2) is 0 Å². The van der Waals surface area contributed by atoms with Crippen LogP contribution in [0.25, 0.3) is 0 Å². The Hall–Kier alpha value is -2.72. The third kappa shape index (κ3) is 5.25. The third-order valence-corrected chi connectivity index (χ3v) is 5.73. The zero-order chi connectivity index (χ0) is 21.7. The van der Waals surface area contributed by atoms with Crippen LogP contribution in [0, 0.1) is 10.1 Å². The molecule has 0 bridgehead atoms. The number of ether oxygens (including phenoxy) is 1. The van der Waals surface area contributed by atoms with Crippen molar-refractivity contribution in [1.29, 1.82) is 0 Å². The van der Waals surface area contributed by atoms with Crippen LogP contribution < -0.4 is 10.2 Å². The molecule has 2 aliphatic heterocycles. The van der Waals surface area contributed by atoms with E-state index in [0.29, 0.717) is 51.6 Å². The first-order valence-corrected chi connectivity index (χ1v) is 10.3. The summed E-state index contributed by atoms with van der Waals surface area (Å²) in [4.78, 5) is 41.1. The van der Waals surface area contributed by atoms with Crippen molar-refractivity contribution in [3.05, 3.63) is 33.9 Å². The Labute approximate surface area is 175 Å². The number of nitrogens with zero attached hydrogens (tertiary/aromatic N) is 4. The monoisotopic (exact) mass is 419 g/mol. The molecule has 0 aromatic heterocycles. The lowest BCUT2D eigenvalue weighted by atomic mass is 10.1. The molecule has 1 aromatic rings. The summed E-state index contributed by atoms with van der Waals surface area (Å²) in [5.41, 5.74) is 0.642. The van der Waals surface area contributed by atoms with Gasteiger partial charge in [-0.3, -0.25) is 24.6 Å². The molecule has 2 saturated heterocycles. The first-order chi connectivity index (χ1) is 14.4. The molecule has 1 N–H and O–H groups in total. The third-order valence-electron chi connectivity index (χ3n) is 5.73. The predicted octanol–water partition coefficient (Wildman–Crippen LogP) is 0.714. The van der Waals surface area contributed by atoms with Crippen molar-refractivity contribution in [3.8, 4) is 0 Å². The summed E-state index contributed by atoms with van der Waals surface area (Å²) in [7, 11) is 0. The second kappa shape index (κ2) is 9.86. The Kier molecular flexibility index (Phi) is 7.22. The number of rotatable bonds is 6. The van der Waals surface area contributed by atoms with Crippen molar-refractivity contribution in [2.45, 2.75) is 19.9 Å². The topological polar surface area (TPSA) is 108 Å². The van der Waals surface area contributed by atoms with Crippen LogP contribution in [0.4, 0.5) is 11.4 Å². The summed E-state index contributed by atoms with van der Waals surface area (Å²) in [5.74, 6) is -0.325. The lowest BCUT2D eigenvalue weighted by Crippen LogP contribution is -2.48. The highest BCUT2D eigenvalue weighted by Gasteiger charge is 2.26. The van der Waals surface area contributed by atoms with Gasteiger partial charge in [0.1, 0.15) is 5.69 Å². The van der Waals surface area contributed by atoms with E-state index in [4.69, 9.17) is 4.74 Å². The van der Waals surface area contributed by atoms with Crippen LogP contribution >= 0.6 is 0 Å². The number of hydrogen-bond donors (Lipinski definition) is 1. The quantitative estimate of drug-likeness (QED) is 0.534. The fourth-order valence-corrected chi connectivity index (χ4v) is 3.83. The van der Waals surface area contributed by atoms with Crippen LogP contribution in [0.1, 0.15) is 24.2 Å². The number of carbonyl (C=O) groups is 2. The maximum Gasteiger partial charge on any atom is 0.293 e. The highest BCUT2D eigenvalue weighted by molar-refractivity contribution is 5.95. The number of morpholine rings is 1. The van der Waals surface area contributed by atoms with Gasteiger partial charge in [-0.2, -0.15) is 0 Å². The summed E-state index contributed by atoms with van der Waals surface area (Å²) in [6.45, 7) is 9.13. The number of hydrogen-bond acceptors (Lipinski definition) is 7. The number of nitro benzene ring substituents is 1. The first kappa shape index (κ1) is 22.0. The first-order valence-electron chi connectivity index (χ1n) is 10.3. The number of nitro groups is 1. The van der Waals surface area contributed by atoms with Gasteiger partial charge in [-0.1, -0.05) is 0 Å².